The maximum atomic E-state index is 5.88. The molecule has 0 aromatic heterocycles. The summed E-state index contributed by atoms with van der Waals surface area (Å²) < 4.78 is 10.7. The van der Waals surface area contributed by atoms with Gasteiger partial charge in [-0.1, -0.05) is 13.3 Å². The topological polar surface area (TPSA) is 47.7 Å². The fraction of sp³-hybridized carbons (Fsp3) is 0.571. The van der Waals surface area contributed by atoms with E-state index in [2.05, 4.69) is 18.9 Å². The van der Waals surface area contributed by atoms with E-state index >= 15 is 0 Å². The highest BCUT2D eigenvalue weighted by Crippen LogP contribution is 2.34. The molecule has 1 aromatic rings. The maximum absolute atomic E-state index is 5.88. The van der Waals surface area contributed by atoms with Crippen LogP contribution in [0, 0.1) is 0 Å². The number of rotatable bonds is 7. The molecule has 0 saturated carbocycles. The molecule has 1 rings (SSSR count). The summed E-state index contributed by atoms with van der Waals surface area (Å²) in [5.74, 6) is 1.46. The van der Waals surface area contributed by atoms with Crippen LogP contribution >= 0.6 is 0 Å². The summed E-state index contributed by atoms with van der Waals surface area (Å²) >= 11 is 0. The average molecular weight is 252 g/mol. The normalized spacial score (nSPS) is 10.7. The summed E-state index contributed by atoms with van der Waals surface area (Å²) in [5, 5.41) is 0. The van der Waals surface area contributed by atoms with Gasteiger partial charge in [0.25, 0.3) is 0 Å². The number of nitrogen functional groups attached to an aromatic ring is 1. The number of unbranched alkanes of at least 4 members (excludes halogenated alkanes) is 1. The molecule has 0 aliphatic carbocycles. The van der Waals surface area contributed by atoms with Gasteiger partial charge in [0.15, 0.2) is 11.5 Å². The van der Waals surface area contributed by atoms with Gasteiger partial charge in [-0.2, -0.15) is 0 Å². The highest BCUT2D eigenvalue weighted by atomic mass is 16.5. The smallest absolute Gasteiger partial charge is 0.165 e. The van der Waals surface area contributed by atoms with Gasteiger partial charge in [-0.15, -0.1) is 0 Å². The molecule has 1 aromatic carbocycles. The fourth-order valence-electron chi connectivity index (χ4n) is 1.98. The highest BCUT2D eigenvalue weighted by molar-refractivity contribution is 5.57. The Morgan fingerprint density at radius 1 is 1.22 bits per heavy atom. The quantitative estimate of drug-likeness (QED) is 0.757. The lowest BCUT2D eigenvalue weighted by molar-refractivity contribution is 0.305. The van der Waals surface area contributed by atoms with Gasteiger partial charge in [-0.05, 0) is 26.1 Å². The monoisotopic (exact) mass is 252 g/mol. The van der Waals surface area contributed by atoms with E-state index in [9.17, 15) is 0 Å². The molecule has 0 amide bonds. The lowest BCUT2D eigenvalue weighted by Crippen LogP contribution is -2.19. The van der Waals surface area contributed by atoms with E-state index in [1.807, 2.05) is 6.07 Å². The molecule has 0 fully saturated rings. The molecule has 4 nitrogen and oxygen atoms in total. The van der Waals surface area contributed by atoms with Gasteiger partial charge >= 0.3 is 0 Å². The van der Waals surface area contributed by atoms with Gasteiger partial charge in [0, 0.05) is 23.9 Å². The number of anilines is 1. The first-order valence-corrected chi connectivity index (χ1v) is 6.31. The van der Waals surface area contributed by atoms with E-state index in [-0.39, 0.29) is 0 Å². The van der Waals surface area contributed by atoms with Crippen molar-refractivity contribution in [1.82, 2.24) is 4.90 Å². The number of benzene rings is 1. The minimum Gasteiger partial charge on any atom is -0.493 e. The number of hydrogen-bond acceptors (Lipinski definition) is 4. The summed E-state index contributed by atoms with van der Waals surface area (Å²) in [6.45, 7) is 4.07. The molecule has 102 valence electrons. The lowest BCUT2D eigenvalue weighted by Gasteiger charge is -2.19. The van der Waals surface area contributed by atoms with E-state index in [4.69, 9.17) is 15.2 Å². The maximum Gasteiger partial charge on any atom is 0.165 e. The van der Waals surface area contributed by atoms with Crippen molar-refractivity contribution in [2.75, 3.05) is 33.5 Å². The Labute approximate surface area is 110 Å². The van der Waals surface area contributed by atoms with Crippen molar-refractivity contribution in [2.45, 2.75) is 26.3 Å². The Bertz CT molecular complexity index is 380. The van der Waals surface area contributed by atoms with Crippen LogP contribution in [0.2, 0.25) is 0 Å². The van der Waals surface area contributed by atoms with E-state index < -0.39 is 0 Å². The van der Waals surface area contributed by atoms with Crippen LogP contribution in [0.5, 0.6) is 11.5 Å². The summed E-state index contributed by atoms with van der Waals surface area (Å²) in [7, 11) is 5.39. The van der Waals surface area contributed by atoms with Crippen LogP contribution in [0.4, 0.5) is 5.69 Å². The Balaban J connectivity index is 2.89. The van der Waals surface area contributed by atoms with Crippen LogP contribution < -0.4 is 15.2 Å². The summed E-state index contributed by atoms with van der Waals surface area (Å²) in [6.07, 6.45) is 2.39. The first-order chi connectivity index (χ1) is 8.62. The molecule has 0 spiro atoms. The molecule has 0 aliphatic rings. The zero-order chi connectivity index (χ0) is 13.5. The molecule has 0 heterocycles. The van der Waals surface area contributed by atoms with Crippen molar-refractivity contribution in [3.8, 4) is 11.5 Å². The molecular formula is C14H24N2O2. The number of methoxy groups -OCH3 is 2. The molecule has 0 saturated heterocycles. The predicted octanol–water partition coefficient (Wildman–Crippen LogP) is 2.52. The standard InChI is InChI=1S/C14H24N2O2/c1-5-6-7-16(2)10-11-8-12(15)9-13(17-3)14(11)18-4/h8-9H,5-7,10,15H2,1-4H3. The van der Waals surface area contributed by atoms with E-state index in [0.29, 0.717) is 11.4 Å². The Kier molecular flexibility index (Phi) is 5.78. The molecule has 0 unspecified atom stereocenters. The molecule has 0 atom stereocenters. The number of nitrogens with two attached hydrogens (primary N) is 1. The molecule has 0 bridgehead atoms. The summed E-state index contributed by atoms with van der Waals surface area (Å²) in [4.78, 5) is 2.26. The van der Waals surface area contributed by atoms with Crippen molar-refractivity contribution in [1.29, 1.82) is 0 Å². The van der Waals surface area contributed by atoms with Crippen molar-refractivity contribution in [2.24, 2.45) is 0 Å². The second-order valence-electron chi connectivity index (χ2n) is 4.51. The van der Waals surface area contributed by atoms with E-state index in [1.54, 1.807) is 20.3 Å². The fourth-order valence-corrected chi connectivity index (χ4v) is 1.98. The third-order valence-corrected chi connectivity index (χ3v) is 2.91. The van der Waals surface area contributed by atoms with Gasteiger partial charge < -0.3 is 20.1 Å². The summed E-state index contributed by atoms with van der Waals surface area (Å²) in [5.41, 5.74) is 7.64. The van der Waals surface area contributed by atoms with Gasteiger partial charge in [-0.3, -0.25) is 0 Å². The second-order valence-corrected chi connectivity index (χ2v) is 4.51. The zero-order valence-electron chi connectivity index (χ0n) is 11.8. The van der Waals surface area contributed by atoms with Crippen LogP contribution in [0.1, 0.15) is 25.3 Å². The van der Waals surface area contributed by atoms with Gasteiger partial charge in [0.1, 0.15) is 0 Å². The number of nitrogens with zero attached hydrogens (tertiary/aromatic N) is 1. The van der Waals surface area contributed by atoms with Crippen LogP contribution in [0.3, 0.4) is 0 Å². The largest absolute Gasteiger partial charge is 0.493 e. The van der Waals surface area contributed by atoms with Crippen LogP contribution in [-0.2, 0) is 6.54 Å². The Morgan fingerprint density at radius 3 is 2.50 bits per heavy atom. The minimum absolute atomic E-state index is 0.691. The molecule has 18 heavy (non-hydrogen) atoms. The molecule has 2 N–H and O–H groups in total. The predicted molar refractivity (Wildman–Crippen MR) is 75.2 cm³/mol. The van der Waals surface area contributed by atoms with Crippen molar-refractivity contribution >= 4 is 5.69 Å². The molecule has 4 heteroatoms. The zero-order valence-corrected chi connectivity index (χ0v) is 11.8. The van der Waals surface area contributed by atoms with Crippen LogP contribution in [0.15, 0.2) is 12.1 Å². The van der Waals surface area contributed by atoms with Crippen molar-refractivity contribution in [3.63, 3.8) is 0 Å². The third kappa shape index (κ3) is 3.81. The van der Waals surface area contributed by atoms with Gasteiger partial charge in [0.05, 0.1) is 14.2 Å². The first kappa shape index (κ1) is 14.6. The van der Waals surface area contributed by atoms with Crippen molar-refractivity contribution < 1.29 is 9.47 Å². The molecule has 0 aliphatic heterocycles. The number of hydrogen-bond donors (Lipinski definition) is 1. The van der Waals surface area contributed by atoms with Crippen molar-refractivity contribution in [3.05, 3.63) is 17.7 Å². The third-order valence-electron chi connectivity index (χ3n) is 2.91. The Hall–Kier alpha value is -1.42. The average Bonchev–Trinajstić information content (AvgIpc) is 2.35. The Morgan fingerprint density at radius 2 is 1.94 bits per heavy atom. The van der Waals surface area contributed by atoms with Crippen LogP contribution in [-0.4, -0.2) is 32.7 Å². The van der Waals surface area contributed by atoms with Gasteiger partial charge in [-0.25, -0.2) is 0 Å². The molecular weight excluding hydrogens is 228 g/mol. The second kappa shape index (κ2) is 7.11. The van der Waals surface area contributed by atoms with E-state index in [1.165, 1.54) is 12.8 Å². The lowest BCUT2D eigenvalue weighted by atomic mass is 10.1. The summed E-state index contributed by atoms with van der Waals surface area (Å²) in [6, 6.07) is 3.73. The molecule has 0 radical (unpaired) electrons. The van der Waals surface area contributed by atoms with Gasteiger partial charge in [0.2, 0.25) is 0 Å². The first-order valence-electron chi connectivity index (χ1n) is 6.31. The highest BCUT2D eigenvalue weighted by Gasteiger charge is 2.13. The van der Waals surface area contributed by atoms with Crippen LogP contribution in [0.25, 0.3) is 0 Å². The minimum atomic E-state index is 0.691. The van der Waals surface area contributed by atoms with E-state index in [0.717, 1.165) is 24.4 Å². The number of ether oxygens (including phenoxy) is 2. The SMILES string of the molecule is CCCCN(C)Cc1cc(N)cc(OC)c1OC.